The minimum Gasteiger partial charge on any atom is -0.481 e. The third-order valence-corrected chi connectivity index (χ3v) is 18.3. The molecule has 3 unspecified atom stereocenters. The second-order valence-corrected chi connectivity index (χ2v) is 22.2. The zero-order valence-electron chi connectivity index (χ0n) is 36.8. The molecule has 58 heavy (non-hydrogen) atoms. The fourth-order valence-corrected chi connectivity index (χ4v) is 14.6. The van der Waals surface area contributed by atoms with Gasteiger partial charge in [-0.3, -0.25) is 19.2 Å². The molecule has 0 aromatic heterocycles. The normalized spacial score (nSPS) is 38.3. The van der Waals surface area contributed by atoms with Crippen LogP contribution in [0.15, 0.2) is 35.4 Å². The van der Waals surface area contributed by atoms with Crippen molar-refractivity contribution in [3.05, 3.63) is 46.0 Å². The predicted molar refractivity (Wildman–Crippen MR) is 225 cm³/mol. The van der Waals surface area contributed by atoms with Gasteiger partial charge in [-0.05, 0) is 155 Å². The summed E-state index contributed by atoms with van der Waals surface area (Å²) >= 11 is 6.18. The molecule has 5 saturated carbocycles. The molecule has 1 aromatic carbocycles. The number of carboxylic acids is 1. The summed E-state index contributed by atoms with van der Waals surface area (Å²) < 4.78 is 6.22. The summed E-state index contributed by atoms with van der Waals surface area (Å²) in [6.45, 7) is 18.6. The highest BCUT2D eigenvalue weighted by Crippen LogP contribution is 2.87. The molecule has 10 heteroatoms. The van der Waals surface area contributed by atoms with Crippen molar-refractivity contribution < 1.29 is 34.1 Å². The lowest BCUT2D eigenvalue weighted by molar-refractivity contribution is -0.220. The number of benzene rings is 1. The maximum absolute atomic E-state index is 14.3. The van der Waals surface area contributed by atoms with Gasteiger partial charge in [0.05, 0.1) is 17.9 Å². The molecule has 5 fully saturated rings. The van der Waals surface area contributed by atoms with Crippen molar-refractivity contribution in [2.75, 3.05) is 33.7 Å². The van der Waals surface area contributed by atoms with E-state index in [0.29, 0.717) is 42.4 Å². The van der Waals surface area contributed by atoms with Gasteiger partial charge in [-0.1, -0.05) is 58.7 Å². The maximum Gasteiger partial charge on any atom is 0.309 e. The van der Waals surface area contributed by atoms with Crippen LogP contribution in [0.3, 0.4) is 0 Å². The molecule has 0 aliphatic heterocycles. The van der Waals surface area contributed by atoms with Crippen LogP contribution in [0.4, 0.5) is 0 Å². The van der Waals surface area contributed by atoms with Gasteiger partial charge >= 0.3 is 11.9 Å². The van der Waals surface area contributed by atoms with E-state index >= 15 is 0 Å². The molecular formula is C48H69ClN2O7. The summed E-state index contributed by atoms with van der Waals surface area (Å²) in [4.78, 5) is 57.2. The van der Waals surface area contributed by atoms with Gasteiger partial charge in [0.1, 0.15) is 6.10 Å². The number of halogens is 1. The number of hydrogen-bond acceptors (Lipinski definition) is 7. The molecule has 1 amide bonds. The van der Waals surface area contributed by atoms with Crippen LogP contribution >= 0.6 is 11.6 Å². The first-order valence-corrected chi connectivity index (χ1v) is 22.4. The Bertz CT molecular complexity index is 1890. The molecule has 0 heterocycles. The monoisotopic (exact) mass is 820 g/mol. The van der Waals surface area contributed by atoms with E-state index in [2.05, 4.69) is 41.5 Å². The molecule has 6 aliphatic rings. The Morgan fingerprint density at radius 3 is 2.17 bits per heavy atom. The number of aliphatic hydroxyl groups excluding tert-OH is 1. The smallest absolute Gasteiger partial charge is 0.309 e. The van der Waals surface area contributed by atoms with Crippen LogP contribution < -0.4 is 0 Å². The van der Waals surface area contributed by atoms with Crippen molar-refractivity contribution in [2.24, 2.45) is 55.7 Å². The van der Waals surface area contributed by atoms with Gasteiger partial charge in [0.25, 0.3) is 5.91 Å². The lowest BCUT2D eigenvalue weighted by atomic mass is 9.33. The molecule has 10 atom stereocenters. The molecule has 0 radical (unpaired) electrons. The average Bonchev–Trinajstić information content (AvgIpc) is 3.66. The van der Waals surface area contributed by atoms with Crippen molar-refractivity contribution in [1.29, 1.82) is 0 Å². The van der Waals surface area contributed by atoms with Crippen molar-refractivity contribution in [3.8, 4) is 0 Å². The number of fused-ring (bicyclic) bond motifs is 6. The van der Waals surface area contributed by atoms with Crippen molar-refractivity contribution >= 4 is 35.2 Å². The topological polar surface area (TPSA) is 124 Å². The molecule has 320 valence electrons. The highest BCUT2D eigenvalue weighted by atomic mass is 35.5. The summed E-state index contributed by atoms with van der Waals surface area (Å²) in [5, 5.41) is 22.9. The van der Waals surface area contributed by atoms with Crippen LogP contribution in [0, 0.1) is 55.7 Å². The number of carbonyl (C=O) groups excluding carboxylic acids is 3. The Kier molecular flexibility index (Phi) is 10.8. The van der Waals surface area contributed by atoms with Crippen molar-refractivity contribution in [3.63, 3.8) is 0 Å². The van der Waals surface area contributed by atoms with E-state index in [0.717, 1.165) is 56.9 Å². The lowest BCUT2D eigenvalue weighted by Crippen LogP contribution is -2.65. The van der Waals surface area contributed by atoms with Crippen molar-refractivity contribution in [1.82, 2.24) is 9.80 Å². The number of amides is 1. The van der Waals surface area contributed by atoms with E-state index in [1.54, 1.807) is 43.0 Å². The van der Waals surface area contributed by atoms with Gasteiger partial charge in [0.2, 0.25) is 0 Å². The van der Waals surface area contributed by atoms with Crippen LogP contribution in [0.25, 0.3) is 0 Å². The molecule has 6 aliphatic carbocycles. The van der Waals surface area contributed by atoms with Gasteiger partial charge in [-0.15, -0.1) is 0 Å². The minimum atomic E-state index is -1.17. The summed E-state index contributed by atoms with van der Waals surface area (Å²) in [5.41, 5.74) is 0.630. The molecule has 2 N–H and O–H groups in total. The number of likely N-dealkylation sites (N-methyl/N-ethyl adjacent to an activating group) is 1. The number of ether oxygens (including phenoxy) is 1. The van der Waals surface area contributed by atoms with E-state index in [9.17, 15) is 29.4 Å². The zero-order valence-corrected chi connectivity index (χ0v) is 37.6. The molecule has 9 nitrogen and oxygen atoms in total. The first kappa shape index (κ1) is 43.3. The molecule has 7 rings (SSSR count). The maximum atomic E-state index is 14.3. The van der Waals surface area contributed by atoms with Gasteiger partial charge in [0.15, 0.2) is 5.78 Å². The third-order valence-electron chi connectivity index (χ3n) is 18.1. The fourth-order valence-electron chi connectivity index (χ4n) is 14.5. The van der Waals surface area contributed by atoms with Gasteiger partial charge in [-0.2, -0.15) is 0 Å². The minimum absolute atomic E-state index is 0.00538. The number of esters is 1. The number of ketones is 1. The Morgan fingerprint density at radius 1 is 0.897 bits per heavy atom. The second kappa shape index (κ2) is 14.4. The first-order valence-electron chi connectivity index (χ1n) is 22.0. The van der Waals surface area contributed by atoms with Gasteiger partial charge in [0, 0.05) is 47.5 Å². The quantitative estimate of drug-likeness (QED) is 0.201. The number of hydrogen-bond donors (Lipinski definition) is 2. The average molecular weight is 822 g/mol. The SMILES string of the molecule is CC(C)C1=C2[C@H]3CC[C@@H]4[C@@]5(C)CC[C@H](OC(=O)CC(C)(C)C(=O)O)C6(C)C[C@]65CC[C@@]4(C)[C@]3(C)CCC2(C(O)CN(CCN(C)C)C(=O)c2ccc(Cl)cc2)CC1=O. The molecule has 0 saturated heterocycles. The Hall–Kier alpha value is -2.75. The van der Waals surface area contributed by atoms with E-state index in [4.69, 9.17) is 16.3 Å². The molecule has 1 aromatic rings. The number of nitrogens with zero attached hydrogens (tertiary/aromatic N) is 2. The largest absolute Gasteiger partial charge is 0.481 e. The van der Waals surface area contributed by atoms with Gasteiger partial charge in [-0.25, -0.2) is 0 Å². The summed E-state index contributed by atoms with van der Waals surface area (Å²) in [7, 11) is 3.96. The van der Waals surface area contributed by atoms with Gasteiger partial charge < -0.3 is 24.7 Å². The summed E-state index contributed by atoms with van der Waals surface area (Å²) in [6, 6.07) is 6.93. The molecule has 1 spiro atoms. The van der Waals surface area contributed by atoms with Crippen LogP contribution in [0.5, 0.6) is 0 Å². The number of rotatable bonds is 12. The Balaban J connectivity index is 1.18. The number of allylic oxidation sites excluding steroid dienone is 1. The standard InChI is InChI=1S/C48H69ClN2O7/c1-29(2)38-33(52)25-47(35(53)27-51(24-23-50(9)10)40(55)30-11-13-31(49)14-12-30)21-19-43(5)32(39(38)47)15-16-34-44(43,6)20-22-48-28-46(48,8)36(17-18-45(34,48)7)58-37(54)26-42(3,4)41(56)57/h11-14,29,32,34-36,53H,15-28H2,1-10H3,(H,56,57)/t32-,34+,35?,36+,43-,44-,45-,46?,47?,48+/m1/s1. The lowest BCUT2D eigenvalue weighted by Gasteiger charge is -2.71. The predicted octanol–water partition coefficient (Wildman–Crippen LogP) is 8.85. The number of aliphatic hydroxyl groups is 1. The van der Waals surface area contributed by atoms with E-state index in [1.165, 1.54) is 5.57 Å². The number of Topliss-reactive ketones (excluding diaryl/α,β-unsaturated/α-hetero) is 1. The van der Waals surface area contributed by atoms with E-state index < -0.39 is 28.9 Å². The first-order chi connectivity index (χ1) is 26.9. The van der Waals surface area contributed by atoms with E-state index in [1.807, 2.05) is 19.0 Å². The Morgan fingerprint density at radius 2 is 1.55 bits per heavy atom. The summed E-state index contributed by atoms with van der Waals surface area (Å²) in [6.07, 6.45) is 7.57. The van der Waals surface area contributed by atoms with Crippen LogP contribution in [-0.2, 0) is 19.1 Å². The van der Waals surface area contributed by atoms with Crippen molar-refractivity contribution in [2.45, 2.75) is 138 Å². The van der Waals surface area contributed by atoms with Crippen LogP contribution in [0.2, 0.25) is 5.02 Å². The fraction of sp³-hybridized carbons (Fsp3) is 0.750. The highest BCUT2D eigenvalue weighted by Gasteiger charge is 2.82. The second-order valence-electron chi connectivity index (χ2n) is 21.8. The zero-order chi connectivity index (χ0) is 42.6. The Labute approximate surface area is 351 Å². The number of aliphatic carboxylic acids is 1. The number of carboxylic acid groups (broad SMARTS) is 1. The highest BCUT2D eigenvalue weighted by molar-refractivity contribution is 6.30. The molecular weight excluding hydrogens is 752 g/mol. The van der Waals surface area contributed by atoms with Crippen LogP contribution in [0.1, 0.15) is 136 Å². The van der Waals surface area contributed by atoms with E-state index in [-0.39, 0.29) is 69.7 Å². The van der Waals surface area contributed by atoms with Crippen LogP contribution in [-0.4, -0.2) is 89.6 Å². The summed E-state index contributed by atoms with van der Waals surface area (Å²) in [5.74, 6) is -0.759. The number of carbonyl (C=O) groups is 4. The molecule has 0 bridgehead atoms. The third kappa shape index (κ3) is 6.27.